The highest BCUT2D eigenvalue weighted by Gasteiger charge is 2.32. The van der Waals surface area contributed by atoms with E-state index >= 15 is 0 Å². The van der Waals surface area contributed by atoms with Crippen LogP contribution in [0.15, 0.2) is 6.07 Å². The molecule has 1 saturated heterocycles. The van der Waals surface area contributed by atoms with E-state index in [1.807, 2.05) is 20.0 Å². The highest BCUT2D eigenvalue weighted by atomic mass is 32.2. The lowest BCUT2D eigenvalue weighted by atomic mass is 10.1. The Morgan fingerprint density at radius 1 is 1.32 bits per heavy atom. The maximum absolute atomic E-state index is 11.6. The Morgan fingerprint density at radius 3 is 2.77 bits per heavy atom. The van der Waals surface area contributed by atoms with E-state index in [-0.39, 0.29) is 17.4 Å². The van der Waals surface area contributed by atoms with Gasteiger partial charge in [0.2, 0.25) is 10.8 Å². The molecule has 22 heavy (non-hydrogen) atoms. The molecule has 10 heteroatoms. The van der Waals surface area contributed by atoms with Crippen molar-refractivity contribution in [1.82, 2.24) is 29.6 Å². The second kappa shape index (κ2) is 4.59. The van der Waals surface area contributed by atoms with Crippen molar-refractivity contribution in [3.05, 3.63) is 16.8 Å². The monoisotopic (exact) mass is 338 g/mol. The smallest absolute Gasteiger partial charge is 0.235 e. The highest BCUT2D eigenvalue weighted by molar-refractivity contribution is 7.91. The SMILES string of the molecule is Cc1cc(-c2nnc3sc([C@@H]4CCS(=O)(=O)C4)nn23)n(C)n1. The van der Waals surface area contributed by atoms with Gasteiger partial charge in [0.05, 0.1) is 17.2 Å². The maximum Gasteiger partial charge on any atom is 0.235 e. The van der Waals surface area contributed by atoms with Crippen molar-refractivity contribution in [2.75, 3.05) is 11.5 Å². The first-order valence-electron chi connectivity index (χ1n) is 6.86. The fourth-order valence-electron chi connectivity index (χ4n) is 2.77. The van der Waals surface area contributed by atoms with Crippen molar-refractivity contribution in [2.24, 2.45) is 7.05 Å². The molecule has 0 aromatic carbocycles. The molecule has 8 nitrogen and oxygen atoms in total. The van der Waals surface area contributed by atoms with Crippen LogP contribution in [0, 0.1) is 6.92 Å². The molecular formula is C12H14N6O2S2. The van der Waals surface area contributed by atoms with Crippen molar-refractivity contribution >= 4 is 26.1 Å². The lowest BCUT2D eigenvalue weighted by Crippen LogP contribution is -2.04. The number of rotatable bonds is 2. The Morgan fingerprint density at radius 2 is 2.14 bits per heavy atom. The number of hydrogen-bond donors (Lipinski definition) is 0. The fraction of sp³-hybridized carbons (Fsp3) is 0.500. The van der Waals surface area contributed by atoms with E-state index in [4.69, 9.17) is 0 Å². The quantitative estimate of drug-likeness (QED) is 0.686. The number of nitrogens with zero attached hydrogens (tertiary/aromatic N) is 6. The first-order valence-corrected chi connectivity index (χ1v) is 9.50. The molecule has 0 bridgehead atoms. The van der Waals surface area contributed by atoms with E-state index in [0.29, 0.717) is 17.2 Å². The number of sulfone groups is 1. The third kappa shape index (κ3) is 2.13. The highest BCUT2D eigenvalue weighted by Crippen LogP contribution is 2.32. The van der Waals surface area contributed by atoms with Gasteiger partial charge in [0.15, 0.2) is 9.84 Å². The van der Waals surface area contributed by atoms with Gasteiger partial charge in [-0.2, -0.15) is 14.7 Å². The van der Waals surface area contributed by atoms with Crippen molar-refractivity contribution in [2.45, 2.75) is 19.3 Å². The van der Waals surface area contributed by atoms with E-state index in [1.54, 1.807) is 9.20 Å². The van der Waals surface area contributed by atoms with E-state index in [2.05, 4.69) is 20.4 Å². The molecule has 0 saturated carbocycles. The summed E-state index contributed by atoms with van der Waals surface area (Å²) in [6.45, 7) is 1.91. The summed E-state index contributed by atoms with van der Waals surface area (Å²) in [5.41, 5.74) is 1.73. The normalized spacial score (nSPS) is 20.9. The van der Waals surface area contributed by atoms with E-state index in [1.165, 1.54) is 11.3 Å². The summed E-state index contributed by atoms with van der Waals surface area (Å²) in [5, 5.41) is 18.0. The molecule has 3 aromatic rings. The van der Waals surface area contributed by atoms with Crippen LogP contribution in [0.3, 0.4) is 0 Å². The van der Waals surface area contributed by atoms with Crippen LogP contribution >= 0.6 is 11.3 Å². The topological polar surface area (TPSA) is 95.0 Å². The second-order valence-corrected chi connectivity index (χ2v) is 8.77. The third-order valence-corrected chi connectivity index (χ3v) is 6.65. The number of hydrogen-bond acceptors (Lipinski definition) is 7. The van der Waals surface area contributed by atoms with Gasteiger partial charge in [-0.1, -0.05) is 11.3 Å². The molecule has 0 aliphatic carbocycles. The van der Waals surface area contributed by atoms with Crippen LogP contribution in [-0.4, -0.2) is 49.5 Å². The van der Waals surface area contributed by atoms with Gasteiger partial charge in [0.1, 0.15) is 10.7 Å². The summed E-state index contributed by atoms with van der Waals surface area (Å²) in [6.07, 6.45) is 0.632. The molecule has 4 heterocycles. The van der Waals surface area contributed by atoms with Gasteiger partial charge in [0.25, 0.3) is 0 Å². The molecule has 1 aliphatic rings. The zero-order valence-corrected chi connectivity index (χ0v) is 13.7. The van der Waals surface area contributed by atoms with Crippen molar-refractivity contribution in [3.8, 4) is 11.5 Å². The Hall–Kier alpha value is -1.81. The van der Waals surface area contributed by atoms with Crippen LogP contribution in [0.1, 0.15) is 23.0 Å². The Balaban J connectivity index is 1.78. The van der Waals surface area contributed by atoms with Crippen molar-refractivity contribution < 1.29 is 8.42 Å². The number of fused-ring (bicyclic) bond motifs is 1. The van der Waals surface area contributed by atoms with Gasteiger partial charge >= 0.3 is 0 Å². The van der Waals surface area contributed by atoms with Crippen LogP contribution in [-0.2, 0) is 16.9 Å². The molecule has 0 unspecified atom stereocenters. The van der Waals surface area contributed by atoms with Gasteiger partial charge in [-0.25, -0.2) is 8.42 Å². The number of aryl methyl sites for hydroxylation is 2. The summed E-state index contributed by atoms with van der Waals surface area (Å²) in [6, 6.07) is 1.93. The predicted molar refractivity (Wildman–Crippen MR) is 81.6 cm³/mol. The van der Waals surface area contributed by atoms with Crippen LogP contribution in [0.2, 0.25) is 0 Å². The Kier molecular flexibility index (Phi) is 2.89. The molecule has 1 fully saturated rings. The standard InChI is InChI=1S/C12H14N6O2S2/c1-7-5-9(17(2)15-7)10-13-14-12-18(10)16-11(21-12)8-3-4-22(19,20)6-8/h5,8H,3-4,6H2,1-2H3/t8-/m1/s1. The van der Waals surface area contributed by atoms with Crippen molar-refractivity contribution in [1.29, 1.82) is 0 Å². The van der Waals surface area contributed by atoms with Gasteiger partial charge in [-0.15, -0.1) is 10.2 Å². The van der Waals surface area contributed by atoms with Crippen molar-refractivity contribution in [3.63, 3.8) is 0 Å². The number of aromatic nitrogens is 6. The van der Waals surface area contributed by atoms with E-state index in [0.717, 1.165) is 16.4 Å². The van der Waals surface area contributed by atoms with Gasteiger partial charge in [0, 0.05) is 13.0 Å². The van der Waals surface area contributed by atoms with Gasteiger partial charge in [-0.3, -0.25) is 4.68 Å². The molecule has 0 amide bonds. The maximum atomic E-state index is 11.6. The molecule has 0 spiro atoms. The zero-order valence-electron chi connectivity index (χ0n) is 12.1. The minimum absolute atomic E-state index is 0.0298. The van der Waals surface area contributed by atoms with Gasteiger partial charge < -0.3 is 0 Å². The van der Waals surface area contributed by atoms with E-state index in [9.17, 15) is 8.42 Å². The van der Waals surface area contributed by atoms with Crippen LogP contribution in [0.5, 0.6) is 0 Å². The average molecular weight is 338 g/mol. The molecule has 1 atom stereocenters. The predicted octanol–water partition coefficient (Wildman–Crippen LogP) is 0.797. The molecule has 4 rings (SSSR count). The molecular weight excluding hydrogens is 324 g/mol. The largest absolute Gasteiger partial charge is 0.264 e. The average Bonchev–Trinajstić information content (AvgIpc) is 3.13. The lowest BCUT2D eigenvalue weighted by Gasteiger charge is -2.00. The summed E-state index contributed by atoms with van der Waals surface area (Å²) >= 11 is 1.41. The van der Waals surface area contributed by atoms with E-state index < -0.39 is 9.84 Å². The minimum atomic E-state index is -2.92. The fourth-order valence-corrected chi connectivity index (χ4v) is 5.59. The first kappa shape index (κ1) is 13.8. The molecule has 0 N–H and O–H groups in total. The van der Waals surface area contributed by atoms with Crippen LogP contribution in [0.25, 0.3) is 16.5 Å². The molecule has 0 radical (unpaired) electrons. The second-order valence-electron chi connectivity index (χ2n) is 5.55. The first-order chi connectivity index (χ1) is 10.4. The summed E-state index contributed by atoms with van der Waals surface area (Å²) in [7, 11) is -1.08. The Bertz CT molecular complexity index is 967. The Labute approximate surface area is 130 Å². The van der Waals surface area contributed by atoms with Gasteiger partial charge in [-0.05, 0) is 19.4 Å². The third-order valence-electron chi connectivity index (χ3n) is 3.82. The zero-order chi connectivity index (χ0) is 15.5. The molecule has 3 aromatic heterocycles. The van der Waals surface area contributed by atoms with Crippen LogP contribution in [0.4, 0.5) is 0 Å². The summed E-state index contributed by atoms with van der Waals surface area (Å²) in [4.78, 5) is 0.674. The molecule has 1 aliphatic heterocycles. The summed E-state index contributed by atoms with van der Waals surface area (Å²) in [5.74, 6) is 1.02. The lowest BCUT2D eigenvalue weighted by molar-refractivity contribution is 0.601. The van der Waals surface area contributed by atoms with Crippen LogP contribution < -0.4 is 0 Å². The molecule has 116 valence electrons. The summed E-state index contributed by atoms with van der Waals surface area (Å²) < 4.78 is 26.7. The minimum Gasteiger partial charge on any atom is -0.264 e.